The minimum absolute atomic E-state index is 0.00128. The Morgan fingerprint density at radius 2 is 1.87 bits per heavy atom. The smallest absolute Gasteiger partial charge is 0.255 e. The highest BCUT2D eigenvalue weighted by Crippen LogP contribution is 2.26. The number of methoxy groups -OCH3 is 1. The van der Waals surface area contributed by atoms with Gasteiger partial charge in [-0.15, -0.1) is 0 Å². The van der Waals surface area contributed by atoms with Gasteiger partial charge in [0.15, 0.2) is 0 Å². The largest absolute Gasteiger partial charge is 0.497 e. The Morgan fingerprint density at radius 1 is 1.17 bits per heavy atom. The molecule has 0 aliphatic heterocycles. The Labute approximate surface area is 181 Å². The van der Waals surface area contributed by atoms with Crippen molar-refractivity contribution in [1.29, 1.82) is 0 Å². The number of pyridine rings is 1. The van der Waals surface area contributed by atoms with E-state index in [0.29, 0.717) is 11.7 Å². The molecule has 166 valence electrons. The van der Waals surface area contributed by atoms with Gasteiger partial charge in [0.1, 0.15) is 12.3 Å². The summed E-state index contributed by atoms with van der Waals surface area (Å²) in [6, 6.07) is 7.64. The summed E-state index contributed by atoms with van der Waals surface area (Å²) in [5.41, 5.74) is 1.04. The number of carbonyl (C=O) groups excluding carboxylic acids is 1. The van der Waals surface area contributed by atoms with Crippen LogP contribution in [-0.4, -0.2) is 35.6 Å². The van der Waals surface area contributed by atoms with Crippen molar-refractivity contribution in [2.75, 3.05) is 20.2 Å². The lowest BCUT2D eigenvalue weighted by molar-refractivity contribution is -0.132. The van der Waals surface area contributed by atoms with Crippen LogP contribution in [0.1, 0.15) is 66.4 Å². The lowest BCUT2D eigenvalue weighted by atomic mass is 9.87. The molecule has 1 heterocycles. The number of carbonyl (C=O) groups is 1. The number of hydrogen-bond donors (Lipinski definition) is 0. The van der Waals surface area contributed by atoms with Gasteiger partial charge < -0.3 is 9.64 Å². The molecule has 0 saturated heterocycles. The van der Waals surface area contributed by atoms with Crippen LogP contribution in [-0.2, 0) is 16.8 Å². The topological polar surface area (TPSA) is 51.5 Å². The lowest BCUT2D eigenvalue weighted by Crippen LogP contribution is -2.39. The average molecular weight is 415 g/mol. The minimum atomic E-state index is -0.310. The predicted octanol–water partition coefficient (Wildman–Crippen LogP) is 4.98. The minimum Gasteiger partial charge on any atom is -0.497 e. The maximum atomic E-state index is 13.4. The Morgan fingerprint density at radius 3 is 2.43 bits per heavy atom. The molecule has 0 radical (unpaired) electrons. The fraction of sp³-hybridized carbons (Fsp3) is 0.600. The number of ether oxygens (including phenoxy) is 1. The number of aromatic nitrogens is 1. The van der Waals surface area contributed by atoms with E-state index >= 15 is 0 Å². The van der Waals surface area contributed by atoms with Gasteiger partial charge in [0.25, 0.3) is 5.56 Å². The van der Waals surface area contributed by atoms with Gasteiger partial charge in [-0.25, -0.2) is 0 Å². The van der Waals surface area contributed by atoms with Gasteiger partial charge in [0, 0.05) is 24.7 Å². The quantitative estimate of drug-likeness (QED) is 0.581. The SMILES string of the molecule is CCCCN(CCC(C)C)C(=O)Cn1c(=O)c(C(C)(C)C)cc2ccc(OC)cc21. The van der Waals surface area contributed by atoms with E-state index in [1.807, 2.05) is 49.9 Å². The van der Waals surface area contributed by atoms with Crippen molar-refractivity contribution in [2.24, 2.45) is 5.92 Å². The standard InChI is InChI=1S/C25H38N2O3/c1-8-9-13-26(14-12-18(2)3)23(28)17-27-22-16-20(30-7)11-10-19(22)15-21(24(27)29)25(4,5)6/h10-11,15-16,18H,8-9,12-14,17H2,1-7H3. The zero-order valence-corrected chi connectivity index (χ0v) is 19.7. The van der Waals surface area contributed by atoms with E-state index in [-0.39, 0.29) is 23.4 Å². The normalized spacial score (nSPS) is 11.9. The fourth-order valence-electron chi connectivity index (χ4n) is 3.53. The number of nitrogens with zero attached hydrogens (tertiary/aromatic N) is 2. The molecule has 0 spiro atoms. The van der Waals surface area contributed by atoms with Crippen LogP contribution in [0, 0.1) is 5.92 Å². The Kier molecular flexibility index (Phi) is 8.10. The maximum absolute atomic E-state index is 13.4. The second-order valence-corrected chi connectivity index (χ2v) is 9.54. The molecule has 0 bridgehead atoms. The molecule has 0 aliphatic carbocycles. The van der Waals surface area contributed by atoms with E-state index in [0.717, 1.165) is 48.8 Å². The summed E-state index contributed by atoms with van der Waals surface area (Å²) in [4.78, 5) is 28.6. The first-order valence-electron chi connectivity index (χ1n) is 11.1. The Hall–Kier alpha value is -2.30. The van der Waals surface area contributed by atoms with E-state index in [2.05, 4.69) is 20.8 Å². The Balaban J connectivity index is 2.52. The van der Waals surface area contributed by atoms with Crippen LogP contribution in [0.25, 0.3) is 10.9 Å². The van der Waals surface area contributed by atoms with Crippen molar-refractivity contribution in [3.05, 3.63) is 40.2 Å². The van der Waals surface area contributed by atoms with Crippen LogP contribution in [0.3, 0.4) is 0 Å². The van der Waals surface area contributed by atoms with Crippen molar-refractivity contribution in [2.45, 2.75) is 72.8 Å². The van der Waals surface area contributed by atoms with E-state index in [4.69, 9.17) is 4.74 Å². The third kappa shape index (κ3) is 5.87. The lowest BCUT2D eigenvalue weighted by Gasteiger charge is -2.26. The van der Waals surface area contributed by atoms with Gasteiger partial charge >= 0.3 is 0 Å². The van der Waals surface area contributed by atoms with Crippen LogP contribution in [0.2, 0.25) is 0 Å². The molecule has 0 saturated carbocycles. The number of unbranched alkanes of at least 4 members (excludes halogenated alkanes) is 1. The van der Waals surface area contributed by atoms with Crippen molar-refractivity contribution in [3.63, 3.8) is 0 Å². The molecule has 0 aliphatic rings. The molecule has 30 heavy (non-hydrogen) atoms. The summed E-state index contributed by atoms with van der Waals surface area (Å²) in [6.07, 6.45) is 2.96. The number of benzene rings is 1. The van der Waals surface area contributed by atoms with Crippen LogP contribution in [0.15, 0.2) is 29.1 Å². The highest BCUT2D eigenvalue weighted by Gasteiger charge is 2.23. The number of rotatable bonds is 9. The van der Waals surface area contributed by atoms with Gasteiger partial charge in [0.05, 0.1) is 12.6 Å². The van der Waals surface area contributed by atoms with Crippen LogP contribution in [0.4, 0.5) is 0 Å². The third-order valence-corrected chi connectivity index (χ3v) is 5.52. The first-order valence-corrected chi connectivity index (χ1v) is 11.1. The predicted molar refractivity (Wildman–Crippen MR) is 124 cm³/mol. The van der Waals surface area contributed by atoms with E-state index in [1.165, 1.54) is 0 Å². The summed E-state index contributed by atoms with van der Waals surface area (Å²) in [7, 11) is 1.61. The summed E-state index contributed by atoms with van der Waals surface area (Å²) in [5.74, 6) is 1.20. The molecule has 0 N–H and O–H groups in total. The fourth-order valence-corrected chi connectivity index (χ4v) is 3.53. The van der Waals surface area contributed by atoms with Gasteiger partial charge in [-0.05, 0) is 47.8 Å². The Bertz CT molecular complexity index is 922. The molecule has 0 unspecified atom stereocenters. The first kappa shape index (κ1) is 24.0. The second-order valence-electron chi connectivity index (χ2n) is 9.54. The summed E-state index contributed by atoms with van der Waals surface area (Å²) < 4.78 is 7.01. The van der Waals surface area contributed by atoms with Crippen molar-refractivity contribution in [1.82, 2.24) is 9.47 Å². The van der Waals surface area contributed by atoms with Crippen LogP contribution < -0.4 is 10.3 Å². The molecule has 2 aromatic rings. The number of hydrogen-bond acceptors (Lipinski definition) is 3. The second kappa shape index (κ2) is 10.1. The zero-order valence-electron chi connectivity index (χ0n) is 19.7. The average Bonchev–Trinajstić information content (AvgIpc) is 2.68. The van der Waals surface area contributed by atoms with Gasteiger partial charge in [-0.1, -0.05) is 48.0 Å². The first-order chi connectivity index (χ1) is 14.1. The van der Waals surface area contributed by atoms with E-state index < -0.39 is 0 Å². The highest BCUT2D eigenvalue weighted by molar-refractivity contribution is 5.84. The molecular weight excluding hydrogens is 376 g/mol. The van der Waals surface area contributed by atoms with Crippen LogP contribution in [0.5, 0.6) is 5.75 Å². The van der Waals surface area contributed by atoms with Crippen molar-refractivity contribution in [3.8, 4) is 5.75 Å². The molecule has 2 rings (SSSR count). The van der Waals surface area contributed by atoms with E-state index in [1.54, 1.807) is 11.7 Å². The molecule has 1 aromatic carbocycles. The summed E-state index contributed by atoms with van der Waals surface area (Å²) in [6.45, 7) is 14.1. The van der Waals surface area contributed by atoms with Crippen LogP contribution >= 0.6 is 0 Å². The molecule has 5 nitrogen and oxygen atoms in total. The molecule has 0 fully saturated rings. The summed E-state index contributed by atoms with van der Waals surface area (Å²) >= 11 is 0. The van der Waals surface area contributed by atoms with Gasteiger partial charge in [-0.3, -0.25) is 14.2 Å². The number of fused-ring (bicyclic) bond motifs is 1. The third-order valence-electron chi connectivity index (χ3n) is 5.52. The molecule has 1 amide bonds. The maximum Gasteiger partial charge on any atom is 0.255 e. The van der Waals surface area contributed by atoms with Crippen molar-refractivity contribution >= 4 is 16.8 Å². The molecule has 0 atom stereocenters. The molecule has 5 heteroatoms. The monoisotopic (exact) mass is 414 g/mol. The molecule has 1 aromatic heterocycles. The number of amides is 1. The highest BCUT2D eigenvalue weighted by atomic mass is 16.5. The van der Waals surface area contributed by atoms with Gasteiger partial charge in [-0.2, -0.15) is 0 Å². The van der Waals surface area contributed by atoms with E-state index in [9.17, 15) is 9.59 Å². The zero-order chi connectivity index (χ0) is 22.5. The summed E-state index contributed by atoms with van der Waals surface area (Å²) in [5, 5.41) is 0.940. The van der Waals surface area contributed by atoms with Crippen molar-refractivity contribution < 1.29 is 9.53 Å². The van der Waals surface area contributed by atoms with Gasteiger partial charge in [0.2, 0.25) is 5.91 Å². The molecular formula is C25H38N2O3.